The average Bonchev–Trinajstić information content (AvgIpc) is 2.18. The lowest BCUT2D eigenvalue weighted by Crippen LogP contribution is -2.30. The highest BCUT2D eigenvalue weighted by molar-refractivity contribution is 9.10. The molecule has 2 N–H and O–H groups in total. The van der Waals surface area contributed by atoms with E-state index in [0.717, 1.165) is 0 Å². The average molecular weight is 336 g/mol. The standard InChI is InChI=1S/C11H14BrNO4S/c1-6(2)13-18(16,17)10-4-7(3)8(11(14)15)5-9(10)12/h4-6,13H,1-3H3,(H,14,15). The van der Waals surface area contributed by atoms with E-state index in [1.807, 2.05) is 0 Å². The Hall–Kier alpha value is -0.920. The van der Waals surface area contributed by atoms with Crippen LogP contribution >= 0.6 is 15.9 Å². The summed E-state index contributed by atoms with van der Waals surface area (Å²) in [6, 6.07) is 2.41. The van der Waals surface area contributed by atoms with Crippen molar-refractivity contribution in [3.05, 3.63) is 27.7 Å². The summed E-state index contributed by atoms with van der Waals surface area (Å²) in [5.41, 5.74) is 0.472. The monoisotopic (exact) mass is 335 g/mol. The van der Waals surface area contributed by atoms with Crippen LogP contribution in [0.3, 0.4) is 0 Å². The fraction of sp³-hybridized carbons (Fsp3) is 0.364. The molecule has 0 radical (unpaired) electrons. The molecule has 0 aromatic heterocycles. The second kappa shape index (κ2) is 5.38. The first-order valence-electron chi connectivity index (χ1n) is 5.21. The second-order valence-electron chi connectivity index (χ2n) is 4.18. The number of sulfonamides is 1. The first-order chi connectivity index (χ1) is 8.15. The Morgan fingerprint density at radius 2 is 1.94 bits per heavy atom. The summed E-state index contributed by atoms with van der Waals surface area (Å²) in [6.45, 7) is 4.98. The molecule has 0 aliphatic heterocycles. The molecule has 0 bridgehead atoms. The van der Waals surface area contributed by atoms with Crippen molar-refractivity contribution < 1.29 is 18.3 Å². The molecular weight excluding hydrogens is 322 g/mol. The van der Waals surface area contributed by atoms with Gasteiger partial charge in [0.05, 0.1) is 10.5 Å². The largest absolute Gasteiger partial charge is 0.478 e. The lowest BCUT2D eigenvalue weighted by Gasteiger charge is -2.12. The van der Waals surface area contributed by atoms with Crippen molar-refractivity contribution in [2.75, 3.05) is 0 Å². The van der Waals surface area contributed by atoms with Crippen molar-refractivity contribution in [2.24, 2.45) is 0 Å². The minimum absolute atomic E-state index is 0.0405. The smallest absolute Gasteiger partial charge is 0.335 e. The Morgan fingerprint density at radius 1 is 1.39 bits per heavy atom. The molecule has 0 unspecified atom stereocenters. The van der Waals surface area contributed by atoms with Gasteiger partial charge >= 0.3 is 5.97 Å². The van der Waals surface area contributed by atoms with E-state index in [0.29, 0.717) is 5.56 Å². The van der Waals surface area contributed by atoms with Crippen molar-refractivity contribution in [3.8, 4) is 0 Å². The van der Waals surface area contributed by atoms with Crippen molar-refractivity contribution in [1.82, 2.24) is 4.72 Å². The molecule has 0 atom stereocenters. The van der Waals surface area contributed by atoms with Crippen LogP contribution < -0.4 is 4.72 Å². The van der Waals surface area contributed by atoms with Gasteiger partial charge in [-0.3, -0.25) is 0 Å². The third-order valence-electron chi connectivity index (χ3n) is 2.19. The highest BCUT2D eigenvalue weighted by Crippen LogP contribution is 2.26. The minimum Gasteiger partial charge on any atom is -0.478 e. The van der Waals surface area contributed by atoms with Gasteiger partial charge in [-0.05, 0) is 54.4 Å². The van der Waals surface area contributed by atoms with Crippen molar-refractivity contribution in [1.29, 1.82) is 0 Å². The number of aromatic carboxylic acids is 1. The quantitative estimate of drug-likeness (QED) is 0.882. The van der Waals surface area contributed by atoms with E-state index < -0.39 is 16.0 Å². The molecule has 0 fully saturated rings. The summed E-state index contributed by atoms with van der Waals surface area (Å²) in [4.78, 5) is 11.0. The third-order valence-corrected chi connectivity index (χ3v) is 4.81. The maximum absolute atomic E-state index is 12.0. The van der Waals surface area contributed by atoms with Gasteiger partial charge in [-0.25, -0.2) is 17.9 Å². The van der Waals surface area contributed by atoms with Crippen LogP contribution in [-0.2, 0) is 10.0 Å². The number of hydrogen-bond acceptors (Lipinski definition) is 3. The Bertz CT molecular complexity index is 581. The Labute approximate surface area is 114 Å². The van der Waals surface area contributed by atoms with Crippen LogP contribution in [0.1, 0.15) is 29.8 Å². The van der Waals surface area contributed by atoms with E-state index >= 15 is 0 Å². The van der Waals surface area contributed by atoms with Gasteiger partial charge < -0.3 is 5.11 Å². The van der Waals surface area contributed by atoms with Gasteiger partial charge in [0.15, 0.2) is 0 Å². The van der Waals surface area contributed by atoms with Gasteiger partial charge in [-0.15, -0.1) is 0 Å². The third kappa shape index (κ3) is 3.30. The molecule has 0 aliphatic rings. The maximum Gasteiger partial charge on any atom is 0.335 e. The fourth-order valence-corrected chi connectivity index (χ4v) is 3.84. The molecule has 7 heteroatoms. The topological polar surface area (TPSA) is 83.5 Å². The van der Waals surface area contributed by atoms with Crippen LogP contribution in [-0.4, -0.2) is 25.5 Å². The summed E-state index contributed by atoms with van der Waals surface area (Å²) in [5, 5.41) is 8.94. The number of benzene rings is 1. The van der Waals surface area contributed by atoms with E-state index in [2.05, 4.69) is 20.7 Å². The minimum atomic E-state index is -3.64. The molecule has 1 aromatic carbocycles. The number of nitrogens with one attached hydrogen (secondary N) is 1. The van der Waals surface area contributed by atoms with Crippen molar-refractivity contribution >= 4 is 31.9 Å². The fourth-order valence-electron chi connectivity index (χ4n) is 1.47. The van der Waals surface area contributed by atoms with Gasteiger partial charge in [0.1, 0.15) is 0 Å². The molecule has 100 valence electrons. The predicted molar refractivity (Wildman–Crippen MR) is 71.3 cm³/mol. The maximum atomic E-state index is 12.0. The predicted octanol–water partition coefficient (Wildman–Crippen LogP) is 2.14. The molecule has 0 heterocycles. The molecule has 1 rings (SSSR count). The van der Waals surface area contributed by atoms with E-state index in [4.69, 9.17) is 5.11 Å². The highest BCUT2D eigenvalue weighted by atomic mass is 79.9. The number of rotatable bonds is 4. The molecule has 18 heavy (non-hydrogen) atoms. The van der Waals surface area contributed by atoms with Gasteiger partial charge in [0.2, 0.25) is 10.0 Å². The molecule has 0 saturated heterocycles. The van der Waals surface area contributed by atoms with Crippen LogP contribution in [0.2, 0.25) is 0 Å². The highest BCUT2D eigenvalue weighted by Gasteiger charge is 2.21. The molecule has 0 spiro atoms. The van der Waals surface area contributed by atoms with Gasteiger partial charge in [0, 0.05) is 10.5 Å². The molecule has 0 amide bonds. The lowest BCUT2D eigenvalue weighted by molar-refractivity contribution is 0.0696. The van der Waals surface area contributed by atoms with E-state index in [1.54, 1.807) is 20.8 Å². The van der Waals surface area contributed by atoms with Crippen molar-refractivity contribution in [2.45, 2.75) is 31.7 Å². The van der Waals surface area contributed by atoms with E-state index in [-0.39, 0.29) is 21.0 Å². The molecule has 1 aromatic rings. The van der Waals surface area contributed by atoms with Crippen LogP contribution in [0.25, 0.3) is 0 Å². The van der Waals surface area contributed by atoms with Gasteiger partial charge in [0.25, 0.3) is 0 Å². The van der Waals surface area contributed by atoms with Crippen LogP contribution in [0.5, 0.6) is 0 Å². The molecule has 0 aliphatic carbocycles. The summed E-state index contributed by atoms with van der Waals surface area (Å²) < 4.78 is 26.7. The summed E-state index contributed by atoms with van der Waals surface area (Å²) in [5.74, 6) is -1.09. The normalized spacial score (nSPS) is 11.8. The molecule has 5 nitrogen and oxygen atoms in total. The molecular formula is C11H14BrNO4S. The summed E-state index contributed by atoms with van der Waals surface area (Å²) in [7, 11) is -3.64. The number of carboxylic acids is 1. The number of halogens is 1. The zero-order valence-corrected chi connectivity index (χ0v) is 12.6. The number of carboxylic acid groups (broad SMARTS) is 1. The van der Waals surface area contributed by atoms with E-state index in [1.165, 1.54) is 12.1 Å². The van der Waals surface area contributed by atoms with Gasteiger partial charge in [-0.1, -0.05) is 0 Å². The number of hydrogen-bond donors (Lipinski definition) is 2. The van der Waals surface area contributed by atoms with Crippen molar-refractivity contribution in [3.63, 3.8) is 0 Å². The second-order valence-corrected chi connectivity index (χ2v) is 6.72. The van der Waals surface area contributed by atoms with Crippen LogP contribution in [0.4, 0.5) is 0 Å². The Kier molecular flexibility index (Phi) is 4.52. The zero-order chi connectivity index (χ0) is 14.1. The van der Waals surface area contributed by atoms with Crippen LogP contribution in [0, 0.1) is 6.92 Å². The molecule has 0 saturated carbocycles. The van der Waals surface area contributed by atoms with E-state index in [9.17, 15) is 13.2 Å². The SMILES string of the molecule is Cc1cc(S(=O)(=O)NC(C)C)c(Br)cc1C(=O)O. The zero-order valence-electron chi connectivity index (χ0n) is 10.2. The summed E-state index contributed by atoms with van der Waals surface area (Å²) in [6.07, 6.45) is 0. The number of aryl methyl sites for hydroxylation is 1. The first-order valence-corrected chi connectivity index (χ1v) is 7.48. The first kappa shape index (κ1) is 15.1. The van der Waals surface area contributed by atoms with Gasteiger partial charge in [-0.2, -0.15) is 0 Å². The van der Waals surface area contributed by atoms with Crippen LogP contribution in [0.15, 0.2) is 21.5 Å². The Morgan fingerprint density at radius 3 is 2.39 bits per heavy atom. The number of carbonyl (C=O) groups is 1. The Balaban J connectivity index is 3.37. The lowest BCUT2D eigenvalue weighted by atomic mass is 10.1. The summed E-state index contributed by atoms with van der Waals surface area (Å²) >= 11 is 3.09.